The lowest BCUT2D eigenvalue weighted by Gasteiger charge is -2.08. The van der Waals surface area contributed by atoms with Crippen molar-refractivity contribution in [2.45, 2.75) is 31.0 Å². The molecule has 0 saturated heterocycles. The summed E-state index contributed by atoms with van der Waals surface area (Å²) < 4.78 is 2.09. The van der Waals surface area contributed by atoms with E-state index in [1.54, 1.807) is 0 Å². The molecule has 3 rings (SSSR count). The molecule has 6 heteroatoms. The van der Waals surface area contributed by atoms with Gasteiger partial charge in [-0.2, -0.15) is 0 Å². The maximum absolute atomic E-state index is 10.7. The van der Waals surface area contributed by atoms with Crippen LogP contribution in [0.1, 0.15) is 24.4 Å². The number of aliphatic carboxylic acids is 1. The molecular weight excluding hydrogens is 274 g/mol. The Balaban J connectivity index is 1.97. The van der Waals surface area contributed by atoms with Crippen molar-refractivity contribution < 1.29 is 9.90 Å². The molecule has 2 aromatic rings. The Morgan fingerprint density at radius 3 is 2.90 bits per heavy atom. The zero-order chi connectivity index (χ0) is 14.1. The lowest BCUT2D eigenvalue weighted by Crippen LogP contribution is -2.03. The highest BCUT2D eigenvalue weighted by Crippen LogP contribution is 2.41. The topological polar surface area (TPSA) is 68.0 Å². The van der Waals surface area contributed by atoms with Crippen LogP contribution in [0.15, 0.2) is 29.4 Å². The smallest absolute Gasteiger partial charge is 0.313 e. The van der Waals surface area contributed by atoms with Crippen LogP contribution < -0.4 is 0 Å². The Labute approximate surface area is 121 Å². The van der Waals surface area contributed by atoms with Gasteiger partial charge in [-0.3, -0.25) is 9.36 Å². The minimum atomic E-state index is -0.836. The van der Waals surface area contributed by atoms with Gasteiger partial charge in [0.25, 0.3) is 0 Å². The number of carbonyl (C=O) groups is 1. The summed E-state index contributed by atoms with van der Waals surface area (Å²) >= 11 is 1.23. The fourth-order valence-corrected chi connectivity index (χ4v) is 2.87. The molecule has 1 fully saturated rings. The molecule has 0 spiro atoms. The first kappa shape index (κ1) is 13.2. The highest BCUT2D eigenvalue weighted by Gasteiger charge is 2.30. The summed E-state index contributed by atoms with van der Waals surface area (Å²) in [5.41, 5.74) is 2.21. The Hall–Kier alpha value is -1.82. The molecule has 1 aliphatic carbocycles. The first-order valence-electron chi connectivity index (χ1n) is 6.51. The molecule has 1 heterocycles. The minimum Gasteiger partial charge on any atom is -0.481 e. The summed E-state index contributed by atoms with van der Waals surface area (Å²) in [6.45, 7) is 2.04. The van der Waals surface area contributed by atoms with Crippen molar-refractivity contribution in [2.75, 3.05) is 5.75 Å². The van der Waals surface area contributed by atoms with Gasteiger partial charge in [0.1, 0.15) is 0 Å². The van der Waals surface area contributed by atoms with Crippen molar-refractivity contribution in [3.8, 4) is 11.4 Å². The molecule has 0 unspecified atom stereocenters. The quantitative estimate of drug-likeness (QED) is 0.857. The summed E-state index contributed by atoms with van der Waals surface area (Å²) in [7, 11) is 0. The van der Waals surface area contributed by atoms with Crippen molar-refractivity contribution in [3.05, 3.63) is 29.8 Å². The predicted molar refractivity (Wildman–Crippen MR) is 76.8 cm³/mol. The normalized spacial score (nSPS) is 14.4. The second kappa shape index (κ2) is 5.28. The molecule has 0 atom stereocenters. The van der Waals surface area contributed by atoms with E-state index < -0.39 is 5.97 Å². The minimum absolute atomic E-state index is 0.0126. The van der Waals surface area contributed by atoms with E-state index in [0.29, 0.717) is 11.2 Å². The van der Waals surface area contributed by atoms with Crippen LogP contribution in [0.5, 0.6) is 0 Å². The maximum atomic E-state index is 10.7. The fourth-order valence-electron chi connectivity index (χ4n) is 2.14. The average molecular weight is 289 g/mol. The van der Waals surface area contributed by atoms with Crippen LogP contribution in [-0.4, -0.2) is 31.6 Å². The van der Waals surface area contributed by atoms with Crippen molar-refractivity contribution in [3.63, 3.8) is 0 Å². The Morgan fingerprint density at radius 2 is 2.25 bits per heavy atom. The van der Waals surface area contributed by atoms with Gasteiger partial charge in [0, 0.05) is 11.6 Å². The number of benzene rings is 1. The van der Waals surface area contributed by atoms with E-state index in [-0.39, 0.29) is 5.75 Å². The Kier molecular flexibility index (Phi) is 3.48. The van der Waals surface area contributed by atoms with Crippen LogP contribution >= 0.6 is 11.8 Å². The van der Waals surface area contributed by atoms with E-state index in [1.807, 2.05) is 25.1 Å². The molecular formula is C14H15N3O2S. The van der Waals surface area contributed by atoms with Crippen molar-refractivity contribution in [1.29, 1.82) is 0 Å². The second-order valence-electron chi connectivity index (χ2n) is 4.96. The first-order chi connectivity index (χ1) is 9.65. The van der Waals surface area contributed by atoms with Crippen LogP contribution in [0.4, 0.5) is 0 Å². The lowest BCUT2D eigenvalue weighted by molar-refractivity contribution is -0.133. The summed E-state index contributed by atoms with van der Waals surface area (Å²) in [6.07, 6.45) is 2.22. The molecule has 0 aliphatic heterocycles. The third kappa shape index (κ3) is 2.70. The highest BCUT2D eigenvalue weighted by atomic mass is 32.2. The molecule has 0 bridgehead atoms. The molecule has 104 valence electrons. The van der Waals surface area contributed by atoms with Gasteiger partial charge >= 0.3 is 5.97 Å². The summed E-state index contributed by atoms with van der Waals surface area (Å²) in [5, 5.41) is 17.9. The Morgan fingerprint density at radius 1 is 1.45 bits per heavy atom. The molecule has 1 aromatic heterocycles. The molecule has 1 aliphatic rings. The zero-order valence-electron chi connectivity index (χ0n) is 11.1. The number of hydrogen-bond acceptors (Lipinski definition) is 4. The molecule has 1 aromatic carbocycles. The van der Waals surface area contributed by atoms with Crippen LogP contribution in [0.2, 0.25) is 0 Å². The van der Waals surface area contributed by atoms with Gasteiger partial charge in [0.2, 0.25) is 0 Å². The van der Waals surface area contributed by atoms with Crippen LogP contribution in [0.3, 0.4) is 0 Å². The monoisotopic (exact) mass is 289 g/mol. The standard InChI is InChI=1S/C14H15N3O2S/c1-9-3-2-4-10(7-9)13-15-16-14(20-8-12(18)19)17(13)11-5-6-11/h2-4,7,11H,5-6,8H2,1H3,(H,18,19). The number of carboxylic acids is 1. The molecule has 20 heavy (non-hydrogen) atoms. The first-order valence-corrected chi connectivity index (χ1v) is 7.50. The number of thioether (sulfide) groups is 1. The van der Waals surface area contributed by atoms with Crippen LogP contribution in [0, 0.1) is 6.92 Å². The van der Waals surface area contributed by atoms with Gasteiger partial charge in [0.05, 0.1) is 5.75 Å². The number of nitrogens with zero attached hydrogens (tertiary/aromatic N) is 3. The summed E-state index contributed by atoms with van der Waals surface area (Å²) in [4.78, 5) is 10.7. The fraction of sp³-hybridized carbons (Fsp3) is 0.357. The van der Waals surface area contributed by atoms with Crippen molar-refractivity contribution in [1.82, 2.24) is 14.8 Å². The third-order valence-electron chi connectivity index (χ3n) is 3.18. The number of carboxylic acid groups (broad SMARTS) is 1. The molecule has 1 saturated carbocycles. The van der Waals surface area contributed by atoms with E-state index in [2.05, 4.69) is 20.8 Å². The van der Waals surface area contributed by atoms with E-state index in [4.69, 9.17) is 5.11 Å². The zero-order valence-corrected chi connectivity index (χ0v) is 11.9. The summed E-state index contributed by atoms with van der Waals surface area (Å²) in [6, 6.07) is 8.55. The third-order valence-corrected chi connectivity index (χ3v) is 4.11. The van der Waals surface area contributed by atoms with Crippen molar-refractivity contribution in [2.24, 2.45) is 0 Å². The average Bonchev–Trinajstić information content (AvgIpc) is 3.16. The lowest BCUT2D eigenvalue weighted by atomic mass is 10.1. The number of hydrogen-bond donors (Lipinski definition) is 1. The van der Waals surface area contributed by atoms with Gasteiger partial charge in [-0.1, -0.05) is 35.5 Å². The number of aryl methyl sites for hydroxylation is 1. The Bertz CT molecular complexity index is 650. The molecule has 5 nitrogen and oxygen atoms in total. The van der Waals surface area contributed by atoms with E-state index >= 15 is 0 Å². The van der Waals surface area contributed by atoms with Crippen LogP contribution in [0.25, 0.3) is 11.4 Å². The van der Waals surface area contributed by atoms with Gasteiger partial charge < -0.3 is 5.11 Å². The second-order valence-corrected chi connectivity index (χ2v) is 5.90. The number of rotatable bonds is 5. The van der Waals surface area contributed by atoms with Crippen LogP contribution in [-0.2, 0) is 4.79 Å². The summed E-state index contributed by atoms with van der Waals surface area (Å²) in [5.74, 6) is 0.0140. The SMILES string of the molecule is Cc1cccc(-c2nnc(SCC(=O)O)n2C2CC2)c1. The van der Waals surface area contributed by atoms with Gasteiger partial charge in [-0.15, -0.1) is 10.2 Å². The van der Waals surface area contributed by atoms with Gasteiger partial charge in [-0.05, 0) is 25.8 Å². The van der Waals surface area contributed by atoms with E-state index in [9.17, 15) is 4.79 Å². The molecule has 0 amide bonds. The largest absolute Gasteiger partial charge is 0.481 e. The maximum Gasteiger partial charge on any atom is 0.313 e. The number of aromatic nitrogens is 3. The molecule has 0 radical (unpaired) electrons. The van der Waals surface area contributed by atoms with Crippen molar-refractivity contribution >= 4 is 17.7 Å². The van der Waals surface area contributed by atoms with Gasteiger partial charge in [0.15, 0.2) is 11.0 Å². The molecule has 1 N–H and O–H groups in total. The van der Waals surface area contributed by atoms with Gasteiger partial charge in [-0.25, -0.2) is 0 Å². The van der Waals surface area contributed by atoms with E-state index in [1.165, 1.54) is 17.3 Å². The van der Waals surface area contributed by atoms with E-state index in [0.717, 1.165) is 24.2 Å². The highest BCUT2D eigenvalue weighted by molar-refractivity contribution is 7.99. The predicted octanol–water partition coefficient (Wildman–Crippen LogP) is 2.77.